The average Bonchev–Trinajstić information content (AvgIpc) is 3.31. The summed E-state index contributed by atoms with van der Waals surface area (Å²) in [5.41, 5.74) is -0.0884. The first-order valence-electron chi connectivity index (χ1n) is 14.9. The minimum absolute atomic E-state index is 0.0103. The highest BCUT2D eigenvalue weighted by atomic mass is 19.1. The van der Waals surface area contributed by atoms with E-state index < -0.39 is 40.1 Å². The van der Waals surface area contributed by atoms with Crippen LogP contribution in [-0.2, 0) is 5.41 Å². The van der Waals surface area contributed by atoms with Crippen molar-refractivity contribution in [3.05, 3.63) is 106 Å². The fraction of sp³-hybridized carbons (Fsp3) is 0.273. The summed E-state index contributed by atoms with van der Waals surface area (Å²) in [6.45, 7) is 0. The molecule has 0 amide bonds. The molecule has 0 unspecified atom stereocenters. The van der Waals surface area contributed by atoms with Crippen LogP contribution in [0.25, 0.3) is 11.1 Å². The summed E-state index contributed by atoms with van der Waals surface area (Å²) >= 11 is 0. The van der Waals surface area contributed by atoms with Crippen LogP contribution in [-0.4, -0.2) is 76.4 Å². The maximum absolute atomic E-state index is 16.0. The van der Waals surface area contributed by atoms with Gasteiger partial charge in [-0.05, 0) is 81.9 Å². The summed E-state index contributed by atoms with van der Waals surface area (Å²) in [6, 6.07) is 14.7. The molecule has 0 saturated heterocycles. The zero-order chi connectivity index (χ0) is 35.6. The van der Waals surface area contributed by atoms with Gasteiger partial charge >= 0.3 is 0 Å². The number of hydrogen-bond acceptors (Lipinski definition) is 8. The van der Waals surface area contributed by atoms with Gasteiger partial charge in [0, 0.05) is 56.4 Å². The summed E-state index contributed by atoms with van der Waals surface area (Å²) in [4.78, 5) is 0. The van der Waals surface area contributed by atoms with Gasteiger partial charge in [0.05, 0.1) is 16.8 Å². The Morgan fingerprint density at radius 1 is 0.429 bits per heavy atom. The van der Waals surface area contributed by atoms with Gasteiger partial charge in [-0.25, -0.2) is 17.6 Å². The topological polar surface area (TPSA) is 112 Å². The lowest BCUT2D eigenvalue weighted by Gasteiger charge is -2.34. The number of benzene rings is 4. The molecule has 0 aromatic heterocycles. The summed E-state index contributed by atoms with van der Waals surface area (Å²) in [6.07, 6.45) is 0. The van der Waals surface area contributed by atoms with Crippen LogP contribution < -0.4 is 0 Å². The Kier molecular flexibility index (Phi) is 9.68. The summed E-state index contributed by atoms with van der Waals surface area (Å²) in [5, 5.41) is 37.3. The third-order valence-corrected chi connectivity index (χ3v) is 7.33. The van der Waals surface area contributed by atoms with Gasteiger partial charge < -0.3 is 0 Å². The molecule has 12 nitrogen and oxygen atoms in total. The van der Waals surface area contributed by atoms with E-state index in [-0.39, 0.29) is 11.1 Å². The van der Waals surface area contributed by atoms with E-state index in [0.29, 0.717) is 33.6 Å². The standard InChI is InChI=1S/C33H34F4N12/c1-46(2)42-38-21-9-11-23-24-12-10-22(39-43-47(3)4)18-26(24)33(25(23)17-21,19-13-27(34)31(28(35)14-19)40-44-48(5)6)20-15-29(36)32(30(37)16-20)41-45-49(7)8/h9-18H,1-8H3/b42-38+,43-39+,44-40+,45-41+. The monoisotopic (exact) mass is 674 g/mol. The number of nitrogens with zero attached hydrogens (tertiary/aromatic N) is 12. The van der Waals surface area contributed by atoms with Crippen molar-refractivity contribution in [1.29, 1.82) is 0 Å². The zero-order valence-corrected chi connectivity index (χ0v) is 28.2. The molecule has 4 aromatic rings. The smallest absolute Gasteiger partial charge is 0.159 e. The molecule has 0 saturated carbocycles. The quantitative estimate of drug-likeness (QED) is 0.0837. The van der Waals surface area contributed by atoms with Crippen molar-refractivity contribution in [1.82, 2.24) is 20.0 Å². The number of fused-ring (bicyclic) bond motifs is 3. The van der Waals surface area contributed by atoms with Crippen molar-refractivity contribution in [2.24, 2.45) is 41.4 Å². The third-order valence-electron chi connectivity index (χ3n) is 7.33. The van der Waals surface area contributed by atoms with E-state index in [0.717, 1.165) is 24.3 Å². The van der Waals surface area contributed by atoms with E-state index in [1.54, 1.807) is 92.8 Å². The molecule has 254 valence electrons. The third kappa shape index (κ3) is 6.79. The molecule has 0 spiro atoms. The Bertz CT molecular complexity index is 1810. The molecule has 16 heteroatoms. The second-order valence-electron chi connectivity index (χ2n) is 11.9. The minimum atomic E-state index is -1.73. The summed E-state index contributed by atoms with van der Waals surface area (Å²) in [7, 11) is 13.0. The van der Waals surface area contributed by atoms with E-state index in [9.17, 15) is 0 Å². The van der Waals surface area contributed by atoms with Crippen LogP contribution in [0.3, 0.4) is 0 Å². The first-order valence-corrected chi connectivity index (χ1v) is 14.9. The van der Waals surface area contributed by atoms with E-state index in [2.05, 4.69) is 41.4 Å². The van der Waals surface area contributed by atoms with E-state index >= 15 is 17.6 Å². The van der Waals surface area contributed by atoms with Crippen LogP contribution in [0.2, 0.25) is 0 Å². The fourth-order valence-electron chi connectivity index (χ4n) is 5.52. The van der Waals surface area contributed by atoms with Gasteiger partial charge in [0.25, 0.3) is 0 Å². The molecule has 49 heavy (non-hydrogen) atoms. The van der Waals surface area contributed by atoms with Crippen LogP contribution in [0.15, 0.2) is 102 Å². The number of halogens is 4. The molecule has 0 heterocycles. The van der Waals surface area contributed by atoms with E-state index in [1.807, 2.05) is 0 Å². The molecule has 0 fully saturated rings. The van der Waals surface area contributed by atoms with Gasteiger partial charge in [-0.15, -0.1) is 20.5 Å². The minimum Gasteiger partial charge on any atom is -0.285 e. The van der Waals surface area contributed by atoms with Crippen molar-refractivity contribution in [3.8, 4) is 11.1 Å². The first-order chi connectivity index (χ1) is 23.2. The summed E-state index contributed by atoms with van der Waals surface area (Å²) < 4.78 is 63.8. The fourth-order valence-corrected chi connectivity index (χ4v) is 5.52. The normalized spacial score (nSPS) is 13.6. The largest absolute Gasteiger partial charge is 0.285 e. The summed E-state index contributed by atoms with van der Waals surface area (Å²) in [5.74, 6) is -4.17. The van der Waals surface area contributed by atoms with Gasteiger partial charge in [-0.1, -0.05) is 33.0 Å². The number of hydrogen-bond donors (Lipinski definition) is 0. The average molecular weight is 675 g/mol. The van der Waals surface area contributed by atoms with Gasteiger partial charge in [0.1, 0.15) is 0 Å². The molecule has 1 aliphatic rings. The highest BCUT2D eigenvalue weighted by Gasteiger charge is 2.48. The SMILES string of the molecule is CN(C)/N=N/c1ccc2c(c1)C(c1cc(F)c(/N=N/N(C)C)c(F)c1)(c1cc(F)c(/N=N/N(C)C)c(F)c1)c1cc(/N=N/N(C)C)ccc1-2. The zero-order valence-electron chi connectivity index (χ0n) is 28.2. The van der Waals surface area contributed by atoms with E-state index in [1.165, 1.54) is 20.0 Å². The van der Waals surface area contributed by atoms with Crippen molar-refractivity contribution in [3.63, 3.8) is 0 Å². The molecule has 0 N–H and O–H groups in total. The van der Waals surface area contributed by atoms with E-state index in [4.69, 9.17) is 0 Å². The van der Waals surface area contributed by atoms with Crippen LogP contribution in [0, 0.1) is 23.3 Å². The lowest BCUT2D eigenvalue weighted by molar-refractivity contribution is 0.405. The van der Waals surface area contributed by atoms with Crippen molar-refractivity contribution >= 4 is 22.7 Å². The highest BCUT2D eigenvalue weighted by molar-refractivity contribution is 5.88. The molecule has 1 aliphatic carbocycles. The molecule has 5 rings (SSSR count). The molecule has 0 radical (unpaired) electrons. The van der Waals surface area contributed by atoms with Gasteiger partial charge in [0.15, 0.2) is 34.6 Å². The Balaban J connectivity index is 1.94. The molecule has 0 atom stereocenters. The Hall–Kier alpha value is -5.80. The Morgan fingerprint density at radius 2 is 0.735 bits per heavy atom. The molecule has 0 bridgehead atoms. The van der Waals surface area contributed by atoms with Crippen molar-refractivity contribution < 1.29 is 17.6 Å². The van der Waals surface area contributed by atoms with Gasteiger partial charge in [-0.3, -0.25) is 20.0 Å². The molecular weight excluding hydrogens is 640 g/mol. The second-order valence-corrected chi connectivity index (χ2v) is 11.9. The molecular formula is C33H34F4N12. The number of rotatable bonds is 10. The van der Waals surface area contributed by atoms with Crippen LogP contribution in [0.1, 0.15) is 22.3 Å². The molecule has 0 aliphatic heterocycles. The lowest BCUT2D eigenvalue weighted by atomic mass is 9.67. The van der Waals surface area contributed by atoms with Gasteiger partial charge in [0.2, 0.25) is 0 Å². The predicted molar refractivity (Wildman–Crippen MR) is 176 cm³/mol. The maximum Gasteiger partial charge on any atom is 0.159 e. The first kappa shape index (κ1) is 34.5. The van der Waals surface area contributed by atoms with Crippen molar-refractivity contribution in [2.45, 2.75) is 5.41 Å². The Morgan fingerprint density at radius 3 is 1.04 bits per heavy atom. The second kappa shape index (κ2) is 13.7. The van der Waals surface area contributed by atoms with Crippen LogP contribution in [0.5, 0.6) is 0 Å². The predicted octanol–water partition coefficient (Wildman–Crippen LogP) is 8.85. The highest BCUT2D eigenvalue weighted by Crippen LogP contribution is 2.58. The lowest BCUT2D eigenvalue weighted by Crippen LogP contribution is -2.29. The van der Waals surface area contributed by atoms with Crippen LogP contribution in [0.4, 0.5) is 40.3 Å². The van der Waals surface area contributed by atoms with Crippen molar-refractivity contribution in [2.75, 3.05) is 56.4 Å². The molecule has 4 aromatic carbocycles. The maximum atomic E-state index is 16.0. The van der Waals surface area contributed by atoms with Gasteiger partial charge in [-0.2, -0.15) is 0 Å². The van der Waals surface area contributed by atoms with Crippen LogP contribution >= 0.6 is 0 Å². The Labute approximate surface area is 280 Å².